The Labute approximate surface area is 177 Å². The number of hydrogen-bond donors (Lipinski definition) is 1. The van der Waals surface area contributed by atoms with Gasteiger partial charge in [0.05, 0.1) is 13.7 Å². The highest BCUT2D eigenvalue weighted by atomic mass is 16.5. The summed E-state index contributed by atoms with van der Waals surface area (Å²) in [6.45, 7) is 7.69. The highest BCUT2D eigenvalue weighted by Gasteiger charge is 2.22. The van der Waals surface area contributed by atoms with Gasteiger partial charge in [-0.1, -0.05) is 18.2 Å². The molecule has 3 aromatic rings. The van der Waals surface area contributed by atoms with Crippen molar-refractivity contribution in [2.75, 3.05) is 53.0 Å². The number of ketones is 1. The van der Waals surface area contributed by atoms with Crippen molar-refractivity contribution >= 4 is 16.7 Å². The minimum atomic E-state index is 0.196. The molecule has 6 heteroatoms. The Hall–Kier alpha value is -2.83. The molecule has 0 aliphatic carbocycles. The van der Waals surface area contributed by atoms with E-state index in [1.54, 1.807) is 7.11 Å². The van der Waals surface area contributed by atoms with Gasteiger partial charge in [0.1, 0.15) is 18.1 Å². The first-order valence-electron chi connectivity index (χ1n) is 10.5. The first-order chi connectivity index (χ1) is 14.6. The van der Waals surface area contributed by atoms with E-state index in [9.17, 15) is 4.79 Å². The first kappa shape index (κ1) is 20.4. The predicted octanol–water partition coefficient (Wildman–Crippen LogP) is 3.36. The lowest BCUT2D eigenvalue weighted by Gasteiger charge is -2.34. The summed E-state index contributed by atoms with van der Waals surface area (Å²) < 4.78 is 11.0. The number of fused-ring (bicyclic) bond motifs is 1. The van der Waals surface area contributed by atoms with Gasteiger partial charge in [-0.2, -0.15) is 0 Å². The molecule has 1 fully saturated rings. The smallest absolute Gasteiger partial charge is 0.179 e. The normalized spacial score (nSPS) is 15.4. The summed E-state index contributed by atoms with van der Waals surface area (Å²) in [5.74, 6) is 1.88. The van der Waals surface area contributed by atoms with E-state index in [4.69, 9.17) is 9.47 Å². The molecule has 0 radical (unpaired) electrons. The third-order valence-corrected chi connectivity index (χ3v) is 5.74. The van der Waals surface area contributed by atoms with Crippen LogP contribution in [0.5, 0.6) is 11.5 Å². The molecule has 6 nitrogen and oxygen atoms in total. The molecule has 1 aliphatic heterocycles. The maximum atomic E-state index is 13.0. The van der Waals surface area contributed by atoms with Crippen LogP contribution in [0.3, 0.4) is 0 Å². The van der Waals surface area contributed by atoms with Crippen LogP contribution in [0.4, 0.5) is 0 Å². The van der Waals surface area contributed by atoms with Crippen molar-refractivity contribution in [2.45, 2.75) is 6.92 Å². The number of H-pyrrole nitrogens is 1. The van der Waals surface area contributed by atoms with E-state index in [1.807, 2.05) is 55.5 Å². The number of Topliss-reactive ketones (excluding diaryl/α,β-unsaturated/α-hetero) is 1. The second kappa shape index (κ2) is 9.32. The summed E-state index contributed by atoms with van der Waals surface area (Å²) in [6, 6.07) is 15.7. The van der Waals surface area contributed by atoms with Crippen LogP contribution in [0.25, 0.3) is 10.9 Å². The van der Waals surface area contributed by atoms with Crippen LogP contribution in [-0.2, 0) is 0 Å². The molecule has 30 heavy (non-hydrogen) atoms. The van der Waals surface area contributed by atoms with Crippen LogP contribution in [0.2, 0.25) is 0 Å². The van der Waals surface area contributed by atoms with Crippen LogP contribution in [0.1, 0.15) is 16.1 Å². The Kier molecular flexibility index (Phi) is 6.35. The van der Waals surface area contributed by atoms with Crippen LogP contribution in [0.15, 0.2) is 48.5 Å². The molecule has 0 saturated carbocycles. The van der Waals surface area contributed by atoms with Crippen molar-refractivity contribution in [3.05, 3.63) is 59.8 Å². The fourth-order valence-corrected chi connectivity index (χ4v) is 4.05. The molecule has 2 aromatic carbocycles. The van der Waals surface area contributed by atoms with E-state index in [-0.39, 0.29) is 5.78 Å². The summed E-state index contributed by atoms with van der Waals surface area (Å²) in [7, 11) is 1.66. The Morgan fingerprint density at radius 3 is 2.37 bits per heavy atom. The zero-order valence-corrected chi connectivity index (χ0v) is 17.7. The zero-order chi connectivity index (χ0) is 20.9. The second-order valence-corrected chi connectivity index (χ2v) is 7.74. The number of aromatic nitrogens is 1. The molecule has 158 valence electrons. The van der Waals surface area contributed by atoms with E-state index < -0.39 is 0 Å². The van der Waals surface area contributed by atoms with E-state index in [1.165, 1.54) is 0 Å². The lowest BCUT2D eigenvalue weighted by atomic mass is 10.1. The molecule has 4 rings (SSSR count). The van der Waals surface area contributed by atoms with Gasteiger partial charge in [-0.3, -0.25) is 14.6 Å². The van der Waals surface area contributed by atoms with Crippen LogP contribution >= 0.6 is 0 Å². The second-order valence-electron chi connectivity index (χ2n) is 7.74. The Morgan fingerprint density at radius 2 is 1.63 bits per heavy atom. The molecule has 0 spiro atoms. The summed E-state index contributed by atoms with van der Waals surface area (Å²) in [4.78, 5) is 20.9. The number of carbonyl (C=O) groups excluding carboxylic acids is 1. The van der Waals surface area contributed by atoms with E-state index in [2.05, 4.69) is 14.8 Å². The van der Waals surface area contributed by atoms with Gasteiger partial charge in [0, 0.05) is 54.9 Å². The number of carbonyl (C=O) groups is 1. The van der Waals surface area contributed by atoms with Crippen molar-refractivity contribution in [3.63, 3.8) is 0 Å². The first-order valence-corrected chi connectivity index (χ1v) is 10.5. The number of nitrogens with one attached hydrogen (secondary N) is 1. The van der Waals surface area contributed by atoms with Gasteiger partial charge >= 0.3 is 0 Å². The number of aromatic amines is 1. The molecule has 0 atom stereocenters. The Morgan fingerprint density at radius 1 is 0.967 bits per heavy atom. The highest BCUT2D eigenvalue weighted by Crippen LogP contribution is 2.23. The summed E-state index contributed by atoms with van der Waals surface area (Å²) >= 11 is 0. The number of benzene rings is 2. The minimum Gasteiger partial charge on any atom is -0.497 e. The molecule has 2 heterocycles. The van der Waals surface area contributed by atoms with Gasteiger partial charge in [0.15, 0.2) is 5.78 Å². The fourth-order valence-electron chi connectivity index (χ4n) is 4.05. The molecule has 1 N–H and O–H groups in total. The van der Waals surface area contributed by atoms with Crippen molar-refractivity contribution in [3.8, 4) is 11.5 Å². The number of hydrogen-bond acceptors (Lipinski definition) is 5. The van der Waals surface area contributed by atoms with Crippen molar-refractivity contribution < 1.29 is 14.3 Å². The topological polar surface area (TPSA) is 57.8 Å². The molecule has 1 aromatic heterocycles. The van der Waals surface area contributed by atoms with Gasteiger partial charge in [0.25, 0.3) is 0 Å². The molecule has 1 saturated heterocycles. The number of ether oxygens (including phenoxy) is 2. The fraction of sp³-hybridized carbons (Fsp3) is 0.375. The summed E-state index contributed by atoms with van der Waals surface area (Å²) in [6.07, 6.45) is 0. The van der Waals surface area contributed by atoms with Crippen LogP contribution in [0, 0.1) is 6.92 Å². The molecule has 0 unspecified atom stereocenters. The molecular formula is C24H29N3O3. The zero-order valence-electron chi connectivity index (χ0n) is 17.7. The molecule has 1 aliphatic rings. The number of methoxy groups -OCH3 is 1. The standard InChI is InChI=1S/C24H29N3O3/c1-18-24(21-5-3-4-6-22(21)25-18)23(28)17-27-13-11-26(12-14-27)15-16-30-20-9-7-19(29-2)8-10-20/h3-10,25H,11-17H2,1-2H3. The van der Waals surface area contributed by atoms with Gasteiger partial charge in [0.2, 0.25) is 0 Å². The SMILES string of the molecule is COc1ccc(OCCN2CCN(CC(=O)c3c(C)[nH]c4ccccc34)CC2)cc1. The van der Waals surface area contributed by atoms with Gasteiger partial charge < -0.3 is 14.5 Å². The van der Waals surface area contributed by atoms with Gasteiger partial charge in [-0.05, 0) is 37.3 Å². The predicted molar refractivity (Wildman–Crippen MR) is 119 cm³/mol. The average Bonchev–Trinajstić information content (AvgIpc) is 3.11. The third kappa shape index (κ3) is 4.66. The Bertz CT molecular complexity index is 989. The number of aryl methyl sites for hydroxylation is 1. The largest absolute Gasteiger partial charge is 0.497 e. The van der Waals surface area contributed by atoms with Gasteiger partial charge in [-0.25, -0.2) is 0 Å². The summed E-state index contributed by atoms with van der Waals surface area (Å²) in [5.41, 5.74) is 2.82. The van der Waals surface area contributed by atoms with E-state index in [0.29, 0.717) is 13.2 Å². The lowest BCUT2D eigenvalue weighted by Crippen LogP contribution is -2.48. The van der Waals surface area contributed by atoms with Gasteiger partial charge in [-0.15, -0.1) is 0 Å². The van der Waals surface area contributed by atoms with Crippen LogP contribution < -0.4 is 9.47 Å². The third-order valence-electron chi connectivity index (χ3n) is 5.74. The lowest BCUT2D eigenvalue weighted by molar-refractivity contribution is 0.0832. The molecular weight excluding hydrogens is 378 g/mol. The number of piperazine rings is 1. The highest BCUT2D eigenvalue weighted by molar-refractivity contribution is 6.10. The molecule has 0 bridgehead atoms. The van der Waals surface area contributed by atoms with E-state index >= 15 is 0 Å². The monoisotopic (exact) mass is 407 g/mol. The van der Waals surface area contributed by atoms with Crippen molar-refractivity contribution in [1.82, 2.24) is 14.8 Å². The summed E-state index contributed by atoms with van der Waals surface area (Å²) in [5, 5.41) is 1.02. The molecule has 0 amide bonds. The maximum absolute atomic E-state index is 13.0. The quantitative estimate of drug-likeness (QED) is 0.580. The average molecular weight is 408 g/mol. The van der Waals surface area contributed by atoms with Crippen molar-refractivity contribution in [1.29, 1.82) is 0 Å². The van der Waals surface area contributed by atoms with Crippen molar-refractivity contribution in [2.24, 2.45) is 0 Å². The maximum Gasteiger partial charge on any atom is 0.179 e. The number of rotatable bonds is 8. The Balaban J connectivity index is 1.23. The minimum absolute atomic E-state index is 0.196. The van der Waals surface area contributed by atoms with Crippen LogP contribution in [-0.4, -0.2) is 73.6 Å². The number of nitrogens with zero attached hydrogens (tertiary/aromatic N) is 2. The number of para-hydroxylation sites is 1. The van der Waals surface area contributed by atoms with E-state index in [0.717, 1.165) is 66.4 Å².